The van der Waals surface area contributed by atoms with Crippen molar-refractivity contribution < 1.29 is 0 Å². The second-order valence-corrected chi connectivity index (χ2v) is 5.87. The Hall–Kier alpha value is -0.250. The Morgan fingerprint density at radius 2 is 2.29 bits per heavy atom. The van der Waals surface area contributed by atoms with Crippen molar-refractivity contribution in [1.29, 1.82) is 0 Å². The van der Waals surface area contributed by atoms with Crippen molar-refractivity contribution in [2.24, 2.45) is 0 Å². The van der Waals surface area contributed by atoms with Gasteiger partial charge in [0.05, 0.1) is 5.02 Å². The van der Waals surface area contributed by atoms with E-state index in [1.807, 2.05) is 6.07 Å². The van der Waals surface area contributed by atoms with Crippen molar-refractivity contribution >= 4 is 33.2 Å². The van der Waals surface area contributed by atoms with Gasteiger partial charge in [0, 0.05) is 35.3 Å². The molecule has 0 saturated carbocycles. The maximum Gasteiger partial charge on any atom is 0.0549 e. The predicted octanol–water partition coefficient (Wildman–Crippen LogP) is 3.68. The molecule has 1 heterocycles. The fourth-order valence-electron chi connectivity index (χ4n) is 2.23. The van der Waals surface area contributed by atoms with Gasteiger partial charge in [-0.15, -0.1) is 0 Å². The van der Waals surface area contributed by atoms with Gasteiger partial charge in [-0.25, -0.2) is 0 Å². The molecular weight excluding hydrogens is 300 g/mol. The van der Waals surface area contributed by atoms with E-state index in [9.17, 15) is 0 Å². The highest BCUT2D eigenvalue weighted by atomic mass is 79.9. The number of piperazine rings is 1. The highest BCUT2D eigenvalue weighted by molar-refractivity contribution is 9.10. The Labute approximate surface area is 116 Å². The van der Waals surface area contributed by atoms with E-state index in [2.05, 4.69) is 52.1 Å². The number of halogens is 2. The number of rotatable bonds is 2. The van der Waals surface area contributed by atoms with Crippen molar-refractivity contribution in [3.05, 3.63) is 27.7 Å². The molecule has 1 aromatic carbocycles. The van der Waals surface area contributed by atoms with Crippen molar-refractivity contribution in [2.45, 2.75) is 32.4 Å². The van der Waals surface area contributed by atoms with Crippen LogP contribution in [0.1, 0.15) is 20.3 Å². The van der Waals surface area contributed by atoms with Crippen LogP contribution in [0, 0.1) is 0 Å². The SMILES string of the molecule is CCC1CN(c2ccc(Cl)c(Br)c2)C(C)CN1. The Morgan fingerprint density at radius 3 is 2.94 bits per heavy atom. The van der Waals surface area contributed by atoms with Crippen LogP contribution in [0.2, 0.25) is 5.02 Å². The van der Waals surface area contributed by atoms with Gasteiger partial charge in [-0.1, -0.05) is 18.5 Å². The zero-order valence-electron chi connectivity index (χ0n) is 10.2. The van der Waals surface area contributed by atoms with Gasteiger partial charge in [0.15, 0.2) is 0 Å². The molecule has 2 unspecified atom stereocenters. The molecule has 0 amide bonds. The zero-order chi connectivity index (χ0) is 12.4. The quantitative estimate of drug-likeness (QED) is 0.895. The molecule has 4 heteroatoms. The summed E-state index contributed by atoms with van der Waals surface area (Å²) in [7, 11) is 0. The molecule has 1 aromatic rings. The smallest absolute Gasteiger partial charge is 0.0549 e. The Kier molecular flexibility index (Phi) is 4.34. The largest absolute Gasteiger partial charge is 0.366 e. The summed E-state index contributed by atoms with van der Waals surface area (Å²) < 4.78 is 0.968. The number of benzene rings is 1. The summed E-state index contributed by atoms with van der Waals surface area (Å²) in [4.78, 5) is 2.45. The van der Waals surface area contributed by atoms with Crippen LogP contribution in [-0.2, 0) is 0 Å². The average molecular weight is 318 g/mol. The van der Waals surface area contributed by atoms with Gasteiger partial charge in [-0.2, -0.15) is 0 Å². The Bertz CT molecular complexity index is 397. The van der Waals surface area contributed by atoms with E-state index in [1.54, 1.807) is 0 Å². The third-order valence-corrected chi connectivity index (χ3v) is 4.59. The maximum absolute atomic E-state index is 6.03. The monoisotopic (exact) mass is 316 g/mol. The van der Waals surface area contributed by atoms with E-state index in [0.29, 0.717) is 12.1 Å². The van der Waals surface area contributed by atoms with Gasteiger partial charge in [-0.05, 0) is 47.5 Å². The average Bonchev–Trinajstić information content (AvgIpc) is 2.33. The molecule has 2 nitrogen and oxygen atoms in total. The van der Waals surface area contributed by atoms with E-state index in [-0.39, 0.29) is 0 Å². The fourth-order valence-corrected chi connectivity index (χ4v) is 2.71. The minimum atomic E-state index is 0.519. The lowest BCUT2D eigenvalue weighted by atomic mass is 10.1. The molecule has 17 heavy (non-hydrogen) atoms. The van der Waals surface area contributed by atoms with Crippen LogP contribution < -0.4 is 10.2 Å². The van der Waals surface area contributed by atoms with Crippen LogP contribution in [0.15, 0.2) is 22.7 Å². The third-order valence-electron chi connectivity index (χ3n) is 3.38. The Morgan fingerprint density at radius 1 is 1.53 bits per heavy atom. The summed E-state index contributed by atoms with van der Waals surface area (Å²) >= 11 is 9.52. The first kappa shape index (κ1) is 13.2. The standard InChI is InChI=1S/C13H18BrClN2/c1-3-10-8-17(9(2)7-16-10)11-4-5-13(15)12(14)6-11/h4-6,9-10,16H,3,7-8H2,1-2H3. The molecule has 1 N–H and O–H groups in total. The molecule has 0 bridgehead atoms. The molecule has 0 aromatic heterocycles. The van der Waals surface area contributed by atoms with E-state index >= 15 is 0 Å². The number of nitrogens with zero attached hydrogens (tertiary/aromatic N) is 1. The summed E-state index contributed by atoms with van der Waals surface area (Å²) in [6, 6.07) is 7.27. The molecule has 1 saturated heterocycles. The topological polar surface area (TPSA) is 15.3 Å². The van der Waals surface area contributed by atoms with Crippen LogP contribution >= 0.6 is 27.5 Å². The Balaban J connectivity index is 2.21. The highest BCUT2D eigenvalue weighted by Gasteiger charge is 2.24. The van der Waals surface area contributed by atoms with E-state index in [0.717, 1.165) is 29.0 Å². The van der Waals surface area contributed by atoms with Crippen LogP contribution in [0.4, 0.5) is 5.69 Å². The van der Waals surface area contributed by atoms with Crippen LogP contribution in [0.3, 0.4) is 0 Å². The molecule has 1 aliphatic heterocycles. The first-order valence-electron chi connectivity index (χ1n) is 6.07. The summed E-state index contributed by atoms with van der Waals surface area (Å²) in [5, 5.41) is 4.33. The molecular formula is C13H18BrClN2. The summed E-state index contributed by atoms with van der Waals surface area (Å²) in [5.74, 6) is 0. The van der Waals surface area contributed by atoms with Crippen LogP contribution in [-0.4, -0.2) is 25.2 Å². The molecule has 94 valence electrons. The molecule has 1 aliphatic rings. The van der Waals surface area contributed by atoms with Gasteiger partial charge in [0.1, 0.15) is 0 Å². The van der Waals surface area contributed by atoms with Gasteiger partial charge in [-0.3, -0.25) is 0 Å². The fraction of sp³-hybridized carbons (Fsp3) is 0.538. The number of nitrogens with one attached hydrogen (secondary N) is 1. The second-order valence-electron chi connectivity index (χ2n) is 4.61. The van der Waals surface area contributed by atoms with Crippen molar-refractivity contribution in [3.8, 4) is 0 Å². The number of anilines is 1. The second kappa shape index (κ2) is 5.59. The zero-order valence-corrected chi connectivity index (χ0v) is 12.6. The molecule has 0 aliphatic carbocycles. The molecule has 0 spiro atoms. The van der Waals surface area contributed by atoms with E-state index in [4.69, 9.17) is 11.6 Å². The van der Waals surface area contributed by atoms with E-state index < -0.39 is 0 Å². The summed E-state index contributed by atoms with van der Waals surface area (Å²) in [6.07, 6.45) is 1.16. The van der Waals surface area contributed by atoms with Crippen LogP contribution in [0.5, 0.6) is 0 Å². The minimum absolute atomic E-state index is 0.519. The van der Waals surface area contributed by atoms with Crippen molar-refractivity contribution in [2.75, 3.05) is 18.0 Å². The van der Waals surface area contributed by atoms with E-state index in [1.165, 1.54) is 5.69 Å². The lowest BCUT2D eigenvalue weighted by Gasteiger charge is -2.40. The highest BCUT2D eigenvalue weighted by Crippen LogP contribution is 2.29. The molecule has 2 atom stereocenters. The maximum atomic E-state index is 6.03. The first-order chi connectivity index (χ1) is 8.11. The van der Waals surface area contributed by atoms with Gasteiger partial charge < -0.3 is 10.2 Å². The van der Waals surface area contributed by atoms with Gasteiger partial charge in [0.2, 0.25) is 0 Å². The number of hydrogen-bond acceptors (Lipinski definition) is 2. The lowest BCUT2D eigenvalue weighted by molar-refractivity contribution is 0.397. The summed E-state index contributed by atoms with van der Waals surface area (Å²) in [6.45, 7) is 6.58. The minimum Gasteiger partial charge on any atom is -0.366 e. The van der Waals surface area contributed by atoms with Gasteiger partial charge in [0.25, 0.3) is 0 Å². The molecule has 0 radical (unpaired) electrons. The third kappa shape index (κ3) is 2.95. The molecule has 2 rings (SSSR count). The predicted molar refractivity (Wildman–Crippen MR) is 78.0 cm³/mol. The lowest BCUT2D eigenvalue weighted by Crippen LogP contribution is -2.55. The summed E-state index contributed by atoms with van der Waals surface area (Å²) in [5.41, 5.74) is 1.24. The first-order valence-corrected chi connectivity index (χ1v) is 7.24. The van der Waals surface area contributed by atoms with Gasteiger partial charge >= 0.3 is 0 Å². The van der Waals surface area contributed by atoms with Crippen molar-refractivity contribution in [3.63, 3.8) is 0 Å². The van der Waals surface area contributed by atoms with Crippen LogP contribution in [0.25, 0.3) is 0 Å². The number of hydrogen-bond donors (Lipinski definition) is 1. The van der Waals surface area contributed by atoms with Crippen molar-refractivity contribution in [1.82, 2.24) is 5.32 Å². The molecule has 1 fully saturated rings. The normalized spacial score (nSPS) is 25.1.